The first-order valence-electron chi connectivity index (χ1n) is 7.88. The van der Waals surface area contributed by atoms with Crippen LogP contribution in [0.1, 0.15) is 17.0 Å². The number of thiazole rings is 1. The van der Waals surface area contributed by atoms with Gasteiger partial charge in [-0.15, -0.1) is 11.3 Å². The van der Waals surface area contributed by atoms with Crippen LogP contribution in [0.5, 0.6) is 0 Å². The summed E-state index contributed by atoms with van der Waals surface area (Å²) in [7, 11) is 1.73. The van der Waals surface area contributed by atoms with Crippen molar-refractivity contribution in [2.75, 3.05) is 20.1 Å². The Morgan fingerprint density at radius 1 is 1.62 bits per heavy atom. The molecule has 1 aliphatic rings. The highest BCUT2D eigenvalue weighted by atomic mass is 32.1. The number of carbonyl (C=O) groups is 1. The van der Waals surface area contributed by atoms with Crippen molar-refractivity contribution >= 4 is 17.4 Å². The van der Waals surface area contributed by atoms with E-state index in [1.165, 1.54) is 0 Å². The summed E-state index contributed by atoms with van der Waals surface area (Å²) in [5, 5.41) is 5.73. The van der Waals surface area contributed by atoms with Crippen LogP contribution in [0, 0.1) is 0 Å². The molecular formula is C16H21FN4O2S. The molecule has 0 spiro atoms. The molecule has 2 atom stereocenters. The molecule has 2 amide bonds. The Labute approximate surface area is 144 Å². The minimum atomic E-state index is -0.850. The summed E-state index contributed by atoms with van der Waals surface area (Å²) in [6.07, 6.45) is 4.53. The average molecular weight is 352 g/mol. The minimum Gasteiger partial charge on any atom is -0.472 e. The van der Waals surface area contributed by atoms with Gasteiger partial charge in [-0.3, -0.25) is 4.90 Å². The number of alkyl halides is 1. The van der Waals surface area contributed by atoms with Gasteiger partial charge < -0.3 is 14.6 Å². The lowest BCUT2D eigenvalue weighted by Gasteiger charge is -2.27. The lowest BCUT2D eigenvalue weighted by Crippen LogP contribution is -2.44. The summed E-state index contributed by atoms with van der Waals surface area (Å²) in [5.41, 5.74) is 0.909. The number of nitrogens with one attached hydrogen (secondary N) is 1. The van der Waals surface area contributed by atoms with Crippen molar-refractivity contribution in [1.29, 1.82) is 0 Å². The van der Waals surface area contributed by atoms with E-state index < -0.39 is 6.17 Å². The molecular weight excluding hydrogens is 331 g/mol. The maximum atomic E-state index is 13.8. The van der Waals surface area contributed by atoms with Crippen LogP contribution in [0.15, 0.2) is 34.6 Å². The van der Waals surface area contributed by atoms with Crippen LogP contribution in [0.4, 0.5) is 9.18 Å². The maximum absolute atomic E-state index is 13.8. The molecule has 8 heteroatoms. The third kappa shape index (κ3) is 4.33. The van der Waals surface area contributed by atoms with Gasteiger partial charge in [-0.25, -0.2) is 14.2 Å². The number of rotatable bonds is 6. The number of halogens is 1. The van der Waals surface area contributed by atoms with Crippen molar-refractivity contribution in [2.24, 2.45) is 0 Å². The van der Waals surface area contributed by atoms with E-state index in [2.05, 4.69) is 15.2 Å². The Morgan fingerprint density at radius 3 is 3.21 bits per heavy atom. The topological polar surface area (TPSA) is 61.6 Å². The fourth-order valence-corrected chi connectivity index (χ4v) is 3.56. The van der Waals surface area contributed by atoms with E-state index in [9.17, 15) is 9.18 Å². The Kier molecular flexibility index (Phi) is 5.47. The first kappa shape index (κ1) is 16.9. The Balaban J connectivity index is 1.51. The quantitative estimate of drug-likeness (QED) is 0.868. The van der Waals surface area contributed by atoms with Crippen LogP contribution >= 0.6 is 11.3 Å². The fraction of sp³-hybridized carbons (Fsp3) is 0.500. The fourth-order valence-electron chi connectivity index (χ4n) is 2.92. The molecule has 3 heterocycles. The Bertz CT molecular complexity index is 635. The molecule has 0 saturated carbocycles. The number of nitrogens with zero attached hydrogens (tertiary/aromatic N) is 3. The lowest BCUT2D eigenvalue weighted by atomic mass is 10.2. The molecule has 2 aromatic heterocycles. The minimum absolute atomic E-state index is 0.00794. The molecule has 2 aromatic rings. The largest absolute Gasteiger partial charge is 0.472 e. The molecule has 0 aliphatic carbocycles. The number of furan rings is 1. The second-order valence-corrected chi connectivity index (χ2v) is 6.99. The van der Waals surface area contributed by atoms with Gasteiger partial charge in [0.15, 0.2) is 0 Å². The molecule has 24 heavy (non-hydrogen) atoms. The highest BCUT2D eigenvalue weighted by Gasteiger charge is 2.33. The van der Waals surface area contributed by atoms with Gasteiger partial charge in [-0.2, -0.15) is 0 Å². The number of carbonyl (C=O) groups excluding carboxylic acids is 1. The molecule has 1 N–H and O–H groups in total. The van der Waals surface area contributed by atoms with Crippen LogP contribution in [0.3, 0.4) is 0 Å². The van der Waals surface area contributed by atoms with E-state index in [1.54, 1.807) is 48.1 Å². The molecule has 1 aliphatic heterocycles. The highest BCUT2D eigenvalue weighted by molar-refractivity contribution is 7.09. The van der Waals surface area contributed by atoms with Crippen molar-refractivity contribution in [3.8, 4) is 0 Å². The van der Waals surface area contributed by atoms with Gasteiger partial charge in [-0.05, 0) is 12.5 Å². The zero-order chi connectivity index (χ0) is 16.9. The molecule has 1 saturated heterocycles. The number of hydrogen-bond acceptors (Lipinski definition) is 5. The summed E-state index contributed by atoms with van der Waals surface area (Å²) in [5.74, 6) is 0. The summed E-state index contributed by atoms with van der Waals surface area (Å²) in [6, 6.07) is 1.64. The predicted molar refractivity (Wildman–Crippen MR) is 89.4 cm³/mol. The monoisotopic (exact) mass is 352 g/mol. The number of likely N-dealkylation sites (N-methyl/N-ethyl adjacent to an activating group) is 1. The third-order valence-corrected chi connectivity index (χ3v) is 4.92. The van der Waals surface area contributed by atoms with Gasteiger partial charge in [-0.1, -0.05) is 0 Å². The van der Waals surface area contributed by atoms with Crippen molar-refractivity contribution in [3.05, 3.63) is 40.7 Å². The lowest BCUT2D eigenvalue weighted by molar-refractivity contribution is 0.174. The first-order chi connectivity index (χ1) is 11.6. The maximum Gasteiger partial charge on any atom is 0.317 e. The second kappa shape index (κ2) is 7.76. The molecule has 0 aromatic carbocycles. The van der Waals surface area contributed by atoms with Gasteiger partial charge in [0.05, 0.1) is 19.1 Å². The zero-order valence-corrected chi connectivity index (χ0v) is 14.3. The summed E-state index contributed by atoms with van der Waals surface area (Å²) in [6.45, 7) is 1.93. The van der Waals surface area contributed by atoms with Gasteiger partial charge in [0, 0.05) is 49.9 Å². The van der Waals surface area contributed by atoms with Crippen molar-refractivity contribution in [1.82, 2.24) is 20.1 Å². The SMILES string of the molecule is CN(C[C@@H]1C[C@H](F)CN1Cc1nccs1)C(=O)NCc1ccoc1. The normalized spacial score (nSPS) is 21.1. The van der Waals surface area contributed by atoms with E-state index in [1.807, 2.05) is 5.38 Å². The molecule has 0 bridgehead atoms. The zero-order valence-electron chi connectivity index (χ0n) is 13.5. The Hall–Kier alpha value is -1.93. The van der Waals surface area contributed by atoms with Crippen LogP contribution in [0.25, 0.3) is 0 Å². The highest BCUT2D eigenvalue weighted by Crippen LogP contribution is 2.24. The number of hydrogen-bond donors (Lipinski definition) is 1. The molecule has 0 radical (unpaired) electrons. The first-order valence-corrected chi connectivity index (χ1v) is 8.76. The number of aromatic nitrogens is 1. The molecule has 130 valence electrons. The summed E-state index contributed by atoms with van der Waals surface area (Å²) in [4.78, 5) is 20.1. The molecule has 6 nitrogen and oxygen atoms in total. The third-order valence-electron chi connectivity index (χ3n) is 4.15. The van der Waals surface area contributed by atoms with E-state index in [4.69, 9.17) is 4.42 Å². The standard InChI is InChI=1S/C16H21FN4O2S/c1-20(16(22)19-7-12-2-4-23-11-12)9-14-6-13(17)8-21(14)10-15-18-3-5-24-15/h2-5,11,13-14H,6-10H2,1H3,(H,19,22)/t13-,14-/m0/s1. The van der Waals surface area contributed by atoms with Gasteiger partial charge in [0.2, 0.25) is 0 Å². The molecule has 3 rings (SSSR count). The van der Waals surface area contributed by atoms with Crippen molar-refractivity contribution in [2.45, 2.75) is 31.7 Å². The van der Waals surface area contributed by atoms with Crippen molar-refractivity contribution < 1.29 is 13.6 Å². The smallest absolute Gasteiger partial charge is 0.317 e. The van der Waals surface area contributed by atoms with Gasteiger partial charge >= 0.3 is 6.03 Å². The van der Waals surface area contributed by atoms with Crippen LogP contribution in [-0.2, 0) is 13.1 Å². The van der Waals surface area contributed by atoms with Crippen LogP contribution in [0.2, 0.25) is 0 Å². The number of urea groups is 1. The average Bonchev–Trinajstić information content (AvgIpc) is 3.29. The molecule has 0 unspecified atom stereocenters. The van der Waals surface area contributed by atoms with Crippen LogP contribution in [-0.4, -0.2) is 53.2 Å². The van der Waals surface area contributed by atoms with E-state index in [-0.39, 0.29) is 12.1 Å². The predicted octanol–water partition coefficient (Wildman–Crippen LogP) is 2.49. The summed E-state index contributed by atoms with van der Waals surface area (Å²) < 4.78 is 18.8. The van der Waals surface area contributed by atoms with Gasteiger partial charge in [0.25, 0.3) is 0 Å². The van der Waals surface area contributed by atoms with Crippen LogP contribution < -0.4 is 5.32 Å². The van der Waals surface area contributed by atoms with E-state index in [0.717, 1.165) is 10.6 Å². The summed E-state index contributed by atoms with van der Waals surface area (Å²) >= 11 is 1.57. The second-order valence-electron chi connectivity index (χ2n) is 6.01. The number of likely N-dealkylation sites (tertiary alicyclic amines) is 1. The van der Waals surface area contributed by atoms with Crippen molar-refractivity contribution in [3.63, 3.8) is 0 Å². The van der Waals surface area contributed by atoms with E-state index in [0.29, 0.717) is 32.6 Å². The van der Waals surface area contributed by atoms with E-state index >= 15 is 0 Å². The Morgan fingerprint density at radius 2 is 2.50 bits per heavy atom. The number of amides is 2. The van der Waals surface area contributed by atoms with Gasteiger partial charge in [0.1, 0.15) is 11.2 Å². The molecule has 1 fully saturated rings.